The van der Waals surface area contributed by atoms with E-state index in [4.69, 9.17) is 10.00 Å². The second kappa shape index (κ2) is 6.80. The second-order valence-corrected chi connectivity index (χ2v) is 4.94. The van der Waals surface area contributed by atoms with E-state index in [-0.39, 0.29) is 31.3 Å². The normalized spacial score (nSPS) is 13.0. The first-order chi connectivity index (χ1) is 10.6. The molecule has 2 amide bonds. The number of hydrogen-bond acceptors (Lipinski definition) is 5. The number of nitriles is 1. The number of carbonyl (C=O) groups excluding carboxylic acids is 2. The van der Waals surface area contributed by atoms with Crippen LogP contribution in [0.1, 0.15) is 6.42 Å². The maximum atomic E-state index is 12.2. The number of amides is 2. The molecule has 1 aliphatic heterocycles. The average Bonchev–Trinajstić information content (AvgIpc) is 2.54. The zero-order valence-corrected chi connectivity index (χ0v) is 12.6. The predicted octanol–water partition coefficient (Wildman–Crippen LogP) is 0.826. The fourth-order valence-corrected chi connectivity index (χ4v) is 2.19. The van der Waals surface area contributed by atoms with Gasteiger partial charge in [-0.1, -0.05) is 0 Å². The van der Waals surface area contributed by atoms with Crippen LogP contribution < -0.4 is 15.0 Å². The number of benzene rings is 1. The third-order valence-corrected chi connectivity index (χ3v) is 3.50. The molecule has 1 heterocycles. The van der Waals surface area contributed by atoms with Crippen molar-refractivity contribution >= 4 is 23.2 Å². The van der Waals surface area contributed by atoms with E-state index >= 15 is 0 Å². The highest BCUT2D eigenvalue weighted by atomic mass is 16.5. The van der Waals surface area contributed by atoms with Crippen molar-refractivity contribution in [2.24, 2.45) is 0 Å². The van der Waals surface area contributed by atoms with Crippen LogP contribution in [0.25, 0.3) is 0 Å². The first kappa shape index (κ1) is 15.6. The quantitative estimate of drug-likeness (QED) is 0.870. The van der Waals surface area contributed by atoms with E-state index in [1.807, 2.05) is 6.07 Å². The molecular weight excluding hydrogens is 284 g/mol. The molecule has 1 N–H and O–H groups in total. The van der Waals surface area contributed by atoms with Crippen LogP contribution in [0.5, 0.6) is 5.75 Å². The van der Waals surface area contributed by atoms with Crippen molar-refractivity contribution in [1.29, 1.82) is 5.26 Å². The van der Waals surface area contributed by atoms with Crippen molar-refractivity contribution < 1.29 is 14.3 Å². The van der Waals surface area contributed by atoms with Crippen LogP contribution in [0.15, 0.2) is 18.2 Å². The molecule has 1 aliphatic rings. The lowest BCUT2D eigenvalue weighted by atomic mass is 10.1. The summed E-state index contributed by atoms with van der Waals surface area (Å²) in [6.45, 7) is 0.447. The van der Waals surface area contributed by atoms with Gasteiger partial charge in [0.2, 0.25) is 11.8 Å². The summed E-state index contributed by atoms with van der Waals surface area (Å²) >= 11 is 0. The van der Waals surface area contributed by atoms with E-state index < -0.39 is 0 Å². The minimum atomic E-state index is -0.202. The van der Waals surface area contributed by atoms with Crippen LogP contribution in [-0.2, 0) is 9.59 Å². The minimum Gasteiger partial charge on any atom is -0.497 e. The summed E-state index contributed by atoms with van der Waals surface area (Å²) in [7, 11) is 3.20. The van der Waals surface area contributed by atoms with Crippen LogP contribution in [0.4, 0.5) is 11.4 Å². The molecule has 7 heteroatoms. The van der Waals surface area contributed by atoms with Crippen molar-refractivity contribution in [3.63, 3.8) is 0 Å². The zero-order valence-electron chi connectivity index (χ0n) is 12.6. The number of anilines is 2. The summed E-state index contributed by atoms with van der Waals surface area (Å²) in [4.78, 5) is 27.2. The van der Waals surface area contributed by atoms with Crippen molar-refractivity contribution in [3.8, 4) is 11.8 Å². The molecule has 0 saturated carbocycles. The number of nitrogens with zero attached hydrogens (tertiary/aromatic N) is 3. The Kier molecular flexibility index (Phi) is 4.84. The Morgan fingerprint density at radius 3 is 3.00 bits per heavy atom. The van der Waals surface area contributed by atoms with Crippen molar-refractivity contribution in [1.82, 2.24) is 4.90 Å². The fourth-order valence-electron chi connectivity index (χ4n) is 2.19. The fraction of sp³-hybridized carbons (Fsp3) is 0.400. The molecule has 0 unspecified atom stereocenters. The van der Waals surface area contributed by atoms with E-state index in [2.05, 4.69) is 5.32 Å². The van der Waals surface area contributed by atoms with Gasteiger partial charge < -0.3 is 15.0 Å². The van der Waals surface area contributed by atoms with Crippen molar-refractivity contribution in [2.45, 2.75) is 6.42 Å². The van der Waals surface area contributed by atoms with Gasteiger partial charge in [-0.3, -0.25) is 14.5 Å². The van der Waals surface area contributed by atoms with E-state index in [1.165, 1.54) is 9.80 Å². The predicted molar refractivity (Wildman–Crippen MR) is 81.7 cm³/mol. The highest BCUT2D eigenvalue weighted by molar-refractivity contribution is 6.06. The molecule has 0 saturated heterocycles. The average molecular weight is 302 g/mol. The third-order valence-electron chi connectivity index (χ3n) is 3.50. The molecule has 2 rings (SSSR count). The van der Waals surface area contributed by atoms with Crippen LogP contribution in [0, 0.1) is 11.3 Å². The first-order valence-corrected chi connectivity index (χ1v) is 6.90. The molecule has 1 aromatic rings. The van der Waals surface area contributed by atoms with Gasteiger partial charge in [-0.05, 0) is 12.1 Å². The molecule has 0 radical (unpaired) electrons. The molecule has 7 nitrogen and oxygen atoms in total. The molecule has 22 heavy (non-hydrogen) atoms. The Labute approximate surface area is 129 Å². The highest BCUT2D eigenvalue weighted by Crippen LogP contribution is 2.32. The van der Waals surface area contributed by atoms with Gasteiger partial charge >= 0.3 is 0 Å². The van der Waals surface area contributed by atoms with Gasteiger partial charge in [0, 0.05) is 19.7 Å². The Hall–Kier alpha value is -2.75. The van der Waals surface area contributed by atoms with E-state index in [1.54, 1.807) is 32.4 Å². The molecule has 0 fully saturated rings. The number of likely N-dealkylation sites (N-methyl/N-ethyl adjacent to an activating group) is 1. The Morgan fingerprint density at radius 1 is 1.55 bits per heavy atom. The lowest BCUT2D eigenvalue weighted by Crippen LogP contribution is -2.46. The van der Waals surface area contributed by atoms with Gasteiger partial charge in [-0.15, -0.1) is 0 Å². The lowest BCUT2D eigenvalue weighted by Gasteiger charge is -2.31. The van der Waals surface area contributed by atoms with E-state index in [0.717, 1.165) is 5.69 Å². The smallest absolute Gasteiger partial charge is 0.246 e. The monoisotopic (exact) mass is 302 g/mol. The number of methoxy groups -OCH3 is 1. The summed E-state index contributed by atoms with van der Waals surface area (Å²) in [5.74, 6) is 0.310. The standard InChI is InChI=1S/C15H18N4O3/c1-18(7-3-6-16)15(21)10-19-13-5-4-11(22-2)8-12(13)17-9-14(19)20/h4-5,8,17H,3,7,9-10H2,1-2H3. The molecule has 116 valence electrons. The topological polar surface area (TPSA) is 85.7 Å². The van der Waals surface area contributed by atoms with Gasteiger partial charge in [-0.25, -0.2) is 0 Å². The van der Waals surface area contributed by atoms with Gasteiger partial charge in [0.25, 0.3) is 0 Å². The van der Waals surface area contributed by atoms with Gasteiger partial charge in [0.15, 0.2) is 0 Å². The molecule has 0 spiro atoms. The Morgan fingerprint density at radius 2 is 2.32 bits per heavy atom. The summed E-state index contributed by atoms with van der Waals surface area (Å²) in [5, 5.41) is 11.6. The van der Waals surface area contributed by atoms with Gasteiger partial charge in [0.05, 0.1) is 37.5 Å². The van der Waals surface area contributed by atoms with Gasteiger partial charge in [0.1, 0.15) is 12.3 Å². The maximum absolute atomic E-state index is 12.2. The number of carbonyl (C=O) groups is 2. The second-order valence-electron chi connectivity index (χ2n) is 4.94. The maximum Gasteiger partial charge on any atom is 0.246 e. The Bertz CT molecular complexity index is 624. The molecule has 0 aliphatic carbocycles. The highest BCUT2D eigenvalue weighted by Gasteiger charge is 2.27. The molecule has 1 aromatic carbocycles. The molecule has 0 atom stereocenters. The summed E-state index contributed by atoms with van der Waals surface area (Å²) in [6, 6.07) is 7.28. The lowest BCUT2D eigenvalue weighted by molar-refractivity contribution is -0.130. The number of hydrogen-bond donors (Lipinski definition) is 1. The third kappa shape index (κ3) is 3.28. The zero-order chi connectivity index (χ0) is 16.1. The number of ether oxygens (including phenoxy) is 1. The van der Waals surface area contributed by atoms with E-state index in [9.17, 15) is 9.59 Å². The minimum absolute atomic E-state index is 0.0399. The number of rotatable bonds is 5. The molecule has 0 aromatic heterocycles. The van der Waals surface area contributed by atoms with Crippen LogP contribution in [0.3, 0.4) is 0 Å². The molecule has 0 bridgehead atoms. The van der Waals surface area contributed by atoms with Crippen LogP contribution in [0.2, 0.25) is 0 Å². The first-order valence-electron chi connectivity index (χ1n) is 6.90. The van der Waals surface area contributed by atoms with Crippen molar-refractivity contribution in [2.75, 3.05) is 44.0 Å². The number of fused-ring (bicyclic) bond motifs is 1. The summed E-state index contributed by atoms with van der Waals surface area (Å²) in [5.41, 5.74) is 1.41. The largest absolute Gasteiger partial charge is 0.497 e. The van der Waals surface area contributed by atoms with E-state index in [0.29, 0.717) is 18.0 Å². The van der Waals surface area contributed by atoms with Gasteiger partial charge in [-0.2, -0.15) is 5.26 Å². The SMILES string of the molecule is COc1ccc2c(c1)NCC(=O)N2CC(=O)N(C)CCC#N. The number of nitrogens with one attached hydrogen (secondary N) is 1. The summed E-state index contributed by atoms with van der Waals surface area (Å²) in [6.07, 6.45) is 0.269. The summed E-state index contributed by atoms with van der Waals surface area (Å²) < 4.78 is 5.16. The Balaban J connectivity index is 2.16. The van der Waals surface area contributed by atoms with Crippen molar-refractivity contribution in [3.05, 3.63) is 18.2 Å². The van der Waals surface area contributed by atoms with Crippen LogP contribution in [-0.4, -0.2) is 50.5 Å². The van der Waals surface area contributed by atoms with Crippen LogP contribution >= 0.6 is 0 Å². The molecular formula is C15H18N4O3.